The van der Waals surface area contributed by atoms with Crippen molar-refractivity contribution in [3.05, 3.63) is 64.1 Å². The van der Waals surface area contributed by atoms with Crippen molar-refractivity contribution in [3.63, 3.8) is 0 Å². The quantitative estimate of drug-likeness (QED) is 0.528. The maximum atomic E-state index is 13.3. The first-order chi connectivity index (χ1) is 16.1. The van der Waals surface area contributed by atoms with Crippen molar-refractivity contribution >= 4 is 17.5 Å². The van der Waals surface area contributed by atoms with Crippen LogP contribution in [0, 0.1) is 11.3 Å². The van der Waals surface area contributed by atoms with Gasteiger partial charge in [-0.2, -0.15) is 23.5 Å². The summed E-state index contributed by atoms with van der Waals surface area (Å²) >= 11 is 6.24. The summed E-state index contributed by atoms with van der Waals surface area (Å²) in [5.74, 6) is -0.600. The molecule has 3 heterocycles. The number of amides is 1. The van der Waals surface area contributed by atoms with E-state index in [4.69, 9.17) is 21.1 Å². The van der Waals surface area contributed by atoms with Gasteiger partial charge in [-0.25, -0.2) is 9.67 Å². The lowest BCUT2D eigenvalue weighted by atomic mass is 10.1. The number of fused-ring (bicyclic) bond motifs is 1. The molecule has 0 N–H and O–H groups in total. The molecule has 4 rings (SSSR count). The van der Waals surface area contributed by atoms with Gasteiger partial charge in [-0.05, 0) is 25.1 Å². The highest BCUT2D eigenvalue weighted by atomic mass is 35.5. The summed E-state index contributed by atoms with van der Waals surface area (Å²) in [6, 6.07) is 7.62. The molecule has 0 bridgehead atoms. The molecule has 0 aliphatic carbocycles. The Kier molecular flexibility index (Phi) is 6.10. The topological polar surface area (TPSA) is 93.3 Å². The number of carbonyl (C=O) groups excluding carboxylic acids is 1. The summed E-state index contributed by atoms with van der Waals surface area (Å²) in [4.78, 5) is 18.7. The van der Waals surface area contributed by atoms with E-state index < -0.39 is 18.2 Å². The Morgan fingerprint density at radius 1 is 1.29 bits per heavy atom. The Morgan fingerprint density at radius 3 is 2.71 bits per heavy atom. The van der Waals surface area contributed by atoms with E-state index in [2.05, 4.69) is 10.1 Å². The smallest absolute Gasteiger partial charge is 0.425 e. The third kappa shape index (κ3) is 4.36. The second kappa shape index (κ2) is 8.87. The Bertz CT molecular complexity index is 1280. The molecule has 1 aliphatic rings. The van der Waals surface area contributed by atoms with E-state index in [-0.39, 0.29) is 35.0 Å². The lowest BCUT2D eigenvalue weighted by molar-refractivity contribution is -0.189. The van der Waals surface area contributed by atoms with E-state index in [0.29, 0.717) is 17.3 Å². The monoisotopic (exact) mass is 491 g/mol. The second-order valence-corrected chi connectivity index (χ2v) is 7.85. The molecule has 0 fully saturated rings. The van der Waals surface area contributed by atoms with Gasteiger partial charge in [-0.1, -0.05) is 11.6 Å². The van der Waals surface area contributed by atoms with Crippen LogP contribution < -0.4 is 9.47 Å². The van der Waals surface area contributed by atoms with Crippen molar-refractivity contribution in [2.45, 2.75) is 32.3 Å². The predicted octanol–water partition coefficient (Wildman–Crippen LogP) is 4.29. The van der Waals surface area contributed by atoms with E-state index in [9.17, 15) is 23.2 Å². The van der Waals surface area contributed by atoms with E-state index in [1.807, 2.05) is 6.07 Å². The minimum Gasteiger partial charge on any atom is -0.481 e. The molecule has 0 radical (unpaired) electrons. The highest BCUT2D eigenvalue weighted by Crippen LogP contribution is 2.36. The van der Waals surface area contributed by atoms with Crippen LogP contribution in [0.2, 0.25) is 5.02 Å². The SMILES string of the molecule is COc1cc(-n2cc3c(n2)CN(C(=O)c2c(O[C@@H](C)C(F)(F)F)ccc(C#N)c2Cl)C3)ccn1. The molecule has 1 atom stereocenters. The second-order valence-electron chi connectivity index (χ2n) is 7.48. The van der Waals surface area contributed by atoms with Crippen molar-refractivity contribution in [1.82, 2.24) is 19.7 Å². The number of pyridine rings is 1. The highest BCUT2D eigenvalue weighted by molar-refractivity contribution is 6.35. The maximum Gasteiger partial charge on any atom is 0.425 e. The molecule has 3 aromatic rings. The van der Waals surface area contributed by atoms with E-state index in [1.54, 1.807) is 29.2 Å². The Morgan fingerprint density at radius 2 is 2.06 bits per heavy atom. The normalized spacial score (nSPS) is 13.9. The average Bonchev–Trinajstić information content (AvgIpc) is 3.38. The van der Waals surface area contributed by atoms with E-state index >= 15 is 0 Å². The number of hydrogen-bond donors (Lipinski definition) is 0. The van der Waals surface area contributed by atoms with Gasteiger partial charge >= 0.3 is 6.18 Å². The van der Waals surface area contributed by atoms with Gasteiger partial charge in [-0.3, -0.25) is 4.79 Å². The minimum atomic E-state index is -4.65. The molecule has 1 aromatic carbocycles. The summed E-state index contributed by atoms with van der Waals surface area (Å²) < 4.78 is 50.9. The number of halogens is 4. The van der Waals surface area contributed by atoms with Crippen LogP contribution in [0.5, 0.6) is 11.6 Å². The fraction of sp³-hybridized carbons (Fsp3) is 0.273. The van der Waals surface area contributed by atoms with E-state index in [1.165, 1.54) is 18.1 Å². The van der Waals surface area contributed by atoms with Crippen LogP contribution >= 0.6 is 11.6 Å². The predicted molar refractivity (Wildman–Crippen MR) is 114 cm³/mol. The molecule has 12 heteroatoms. The van der Waals surface area contributed by atoms with Crippen molar-refractivity contribution in [1.29, 1.82) is 5.26 Å². The van der Waals surface area contributed by atoms with Gasteiger partial charge < -0.3 is 14.4 Å². The van der Waals surface area contributed by atoms with Gasteiger partial charge in [0, 0.05) is 30.6 Å². The minimum absolute atomic E-state index is 0.0502. The molecule has 34 heavy (non-hydrogen) atoms. The number of alkyl halides is 3. The zero-order valence-corrected chi connectivity index (χ0v) is 18.7. The average molecular weight is 492 g/mol. The molecular weight excluding hydrogens is 475 g/mol. The largest absolute Gasteiger partial charge is 0.481 e. The Hall–Kier alpha value is -3.78. The van der Waals surface area contributed by atoms with Crippen molar-refractivity contribution in [2.24, 2.45) is 0 Å². The van der Waals surface area contributed by atoms with Gasteiger partial charge in [0.05, 0.1) is 35.6 Å². The number of rotatable bonds is 5. The van der Waals surface area contributed by atoms with Crippen LogP contribution in [-0.4, -0.2) is 45.0 Å². The first-order valence-corrected chi connectivity index (χ1v) is 10.3. The first kappa shape index (κ1) is 23.4. The summed E-state index contributed by atoms with van der Waals surface area (Å²) in [7, 11) is 1.50. The molecule has 8 nitrogen and oxygen atoms in total. The summed E-state index contributed by atoms with van der Waals surface area (Å²) in [6.07, 6.45) is -3.51. The van der Waals surface area contributed by atoms with Crippen LogP contribution in [0.25, 0.3) is 5.69 Å². The number of benzene rings is 1. The number of aromatic nitrogens is 3. The summed E-state index contributed by atoms with van der Waals surface area (Å²) in [5.41, 5.74) is 1.73. The molecule has 1 aliphatic heterocycles. The zero-order chi connectivity index (χ0) is 24.6. The standard InChI is InChI=1S/C22H17ClF3N5O3/c1-12(22(24,25)26)34-17-4-3-13(8-27)20(23)19(17)21(32)30-9-14-10-31(29-16(14)11-30)15-5-6-28-18(7-15)33-2/h3-7,10,12H,9,11H2,1-2H3/t12-/m0/s1. The third-order valence-electron chi connectivity index (χ3n) is 5.26. The number of ether oxygens (including phenoxy) is 2. The van der Waals surface area contributed by atoms with Gasteiger partial charge in [0.2, 0.25) is 5.88 Å². The molecule has 0 saturated carbocycles. The molecule has 2 aromatic heterocycles. The van der Waals surface area contributed by atoms with Gasteiger partial charge in [0.25, 0.3) is 5.91 Å². The van der Waals surface area contributed by atoms with Gasteiger partial charge in [0.15, 0.2) is 6.10 Å². The highest BCUT2D eigenvalue weighted by Gasteiger charge is 2.39. The fourth-order valence-corrected chi connectivity index (χ4v) is 3.72. The molecule has 0 spiro atoms. The zero-order valence-electron chi connectivity index (χ0n) is 17.9. The Balaban J connectivity index is 1.61. The van der Waals surface area contributed by atoms with Crippen molar-refractivity contribution in [2.75, 3.05) is 7.11 Å². The van der Waals surface area contributed by atoms with Crippen molar-refractivity contribution < 1.29 is 27.4 Å². The summed E-state index contributed by atoms with van der Waals surface area (Å²) in [5, 5.41) is 13.5. The van der Waals surface area contributed by atoms with E-state index in [0.717, 1.165) is 18.6 Å². The lowest BCUT2D eigenvalue weighted by Crippen LogP contribution is -2.33. The van der Waals surface area contributed by atoms with Crippen molar-refractivity contribution in [3.8, 4) is 23.4 Å². The maximum absolute atomic E-state index is 13.3. The van der Waals surface area contributed by atoms with Crippen LogP contribution in [0.1, 0.15) is 34.1 Å². The number of carbonyl (C=O) groups is 1. The lowest BCUT2D eigenvalue weighted by Gasteiger charge is -2.23. The first-order valence-electron chi connectivity index (χ1n) is 9.95. The number of methoxy groups -OCH3 is 1. The van der Waals surface area contributed by atoms with Crippen LogP contribution in [-0.2, 0) is 13.1 Å². The molecule has 0 unspecified atom stereocenters. The third-order valence-corrected chi connectivity index (χ3v) is 5.65. The molecule has 1 amide bonds. The Labute approximate surface area is 197 Å². The molecule has 0 saturated heterocycles. The number of nitriles is 1. The van der Waals surface area contributed by atoms with Gasteiger partial charge in [0.1, 0.15) is 17.4 Å². The number of nitrogens with zero attached hydrogens (tertiary/aromatic N) is 5. The number of hydrogen-bond acceptors (Lipinski definition) is 6. The van der Waals surface area contributed by atoms with Crippen LogP contribution in [0.15, 0.2) is 36.7 Å². The van der Waals surface area contributed by atoms with Gasteiger partial charge in [-0.15, -0.1) is 0 Å². The molecule has 176 valence electrons. The van der Waals surface area contributed by atoms with Crippen LogP contribution in [0.4, 0.5) is 13.2 Å². The molecular formula is C22H17ClF3N5O3. The summed E-state index contributed by atoms with van der Waals surface area (Å²) in [6.45, 7) is 1.07. The van der Waals surface area contributed by atoms with Crippen LogP contribution in [0.3, 0.4) is 0 Å². The fourth-order valence-electron chi connectivity index (χ4n) is 3.44.